The molecule has 0 radical (unpaired) electrons. The molecule has 0 fully saturated rings. The third-order valence-corrected chi connectivity index (χ3v) is 2.26. The van der Waals surface area contributed by atoms with Gasteiger partial charge in [0.15, 0.2) is 4.67 Å². The molecule has 0 bridgehead atoms. The maximum Gasteiger partial charge on any atom is 0.169 e. The number of hydrogen-bond acceptors (Lipinski definition) is 2. The minimum Gasteiger partial charge on any atom is -0.449 e. The summed E-state index contributed by atoms with van der Waals surface area (Å²) in [6, 6.07) is 7.90. The van der Waals surface area contributed by atoms with Crippen LogP contribution in [0.25, 0.3) is 11.3 Å². The number of rotatable bonds is 1. The number of furan rings is 1. The van der Waals surface area contributed by atoms with Gasteiger partial charge >= 0.3 is 0 Å². The Kier molecular flexibility index (Phi) is 2.29. The number of nitrogens with two attached hydrogens (primary N) is 1. The number of nitrogen functional groups attached to an aromatic ring is 1. The van der Waals surface area contributed by atoms with Crippen molar-refractivity contribution in [1.29, 1.82) is 0 Å². The Morgan fingerprint density at radius 1 is 1.21 bits per heavy atom. The van der Waals surface area contributed by atoms with E-state index in [-0.39, 0.29) is 5.82 Å². The molecule has 0 saturated heterocycles. The van der Waals surface area contributed by atoms with Gasteiger partial charge in [-0.15, -0.1) is 0 Å². The van der Waals surface area contributed by atoms with Crippen LogP contribution in [0.2, 0.25) is 0 Å². The van der Waals surface area contributed by atoms with E-state index in [1.165, 1.54) is 6.07 Å². The van der Waals surface area contributed by atoms with Crippen molar-refractivity contribution in [2.75, 3.05) is 5.73 Å². The van der Waals surface area contributed by atoms with Crippen molar-refractivity contribution in [3.8, 4) is 11.3 Å². The summed E-state index contributed by atoms with van der Waals surface area (Å²) in [7, 11) is 0. The van der Waals surface area contributed by atoms with Crippen molar-refractivity contribution in [3.63, 3.8) is 0 Å². The Balaban J connectivity index is 2.52. The fourth-order valence-electron chi connectivity index (χ4n) is 1.19. The zero-order valence-electron chi connectivity index (χ0n) is 7.13. The van der Waals surface area contributed by atoms with Crippen LogP contribution >= 0.6 is 15.9 Å². The number of hydrogen-bond donors (Lipinski definition) is 1. The lowest BCUT2D eigenvalue weighted by Gasteiger charge is -1.99. The molecule has 1 aromatic heterocycles. The summed E-state index contributed by atoms with van der Waals surface area (Å²) in [5, 5.41) is 0. The molecule has 0 aliphatic carbocycles. The lowest BCUT2D eigenvalue weighted by Crippen LogP contribution is -1.88. The first kappa shape index (κ1) is 9.27. The third kappa shape index (κ3) is 1.65. The molecule has 2 N–H and O–H groups in total. The van der Waals surface area contributed by atoms with Crippen LogP contribution in [0.1, 0.15) is 0 Å². The first-order valence-electron chi connectivity index (χ1n) is 3.97. The Bertz CT molecular complexity index is 467. The second kappa shape index (κ2) is 3.46. The molecule has 0 amide bonds. The standard InChI is InChI=1S/C10H7BrFNO/c11-10-4-3-9(14-10)7-2-1-6(13)5-8(7)12/h1-5H,13H2. The Hall–Kier alpha value is -1.29. The molecule has 14 heavy (non-hydrogen) atoms. The Labute approximate surface area is 88.7 Å². The molecule has 0 aliphatic heterocycles. The molecule has 2 nitrogen and oxygen atoms in total. The van der Waals surface area contributed by atoms with Gasteiger partial charge in [0.05, 0.1) is 5.56 Å². The summed E-state index contributed by atoms with van der Waals surface area (Å²) in [5.41, 5.74) is 6.24. The van der Waals surface area contributed by atoms with E-state index in [1.807, 2.05) is 0 Å². The van der Waals surface area contributed by atoms with Gasteiger partial charge in [-0.05, 0) is 46.3 Å². The molecule has 0 aliphatic rings. The van der Waals surface area contributed by atoms with Crippen LogP contribution in [0, 0.1) is 5.82 Å². The van der Waals surface area contributed by atoms with Gasteiger partial charge in [0, 0.05) is 5.69 Å². The van der Waals surface area contributed by atoms with E-state index in [9.17, 15) is 4.39 Å². The third-order valence-electron chi connectivity index (χ3n) is 1.83. The van der Waals surface area contributed by atoms with Crippen molar-refractivity contribution in [2.24, 2.45) is 0 Å². The van der Waals surface area contributed by atoms with Crippen LogP contribution in [0.5, 0.6) is 0 Å². The maximum atomic E-state index is 13.4. The van der Waals surface area contributed by atoms with Crippen LogP contribution in [-0.2, 0) is 0 Å². The van der Waals surface area contributed by atoms with Gasteiger partial charge in [-0.2, -0.15) is 0 Å². The number of anilines is 1. The molecule has 0 spiro atoms. The van der Waals surface area contributed by atoms with Gasteiger partial charge in [0.1, 0.15) is 11.6 Å². The van der Waals surface area contributed by atoms with E-state index in [4.69, 9.17) is 10.2 Å². The quantitative estimate of drug-likeness (QED) is 0.794. The zero-order valence-corrected chi connectivity index (χ0v) is 8.71. The van der Waals surface area contributed by atoms with Crippen molar-refractivity contribution in [3.05, 3.63) is 40.8 Å². The minimum atomic E-state index is -0.383. The highest BCUT2D eigenvalue weighted by atomic mass is 79.9. The fraction of sp³-hybridized carbons (Fsp3) is 0. The van der Waals surface area contributed by atoms with Gasteiger partial charge in [-0.25, -0.2) is 4.39 Å². The van der Waals surface area contributed by atoms with Gasteiger partial charge in [0.2, 0.25) is 0 Å². The second-order valence-corrected chi connectivity index (χ2v) is 3.62. The maximum absolute atomic E-state index is 13.4. The molecule has 0 unspecified atom stereocenters. The minimum absolute atomic E-state index is 0.383. The molecule has 2 rings (SSSR count). The molecular weight excluding hydrogens is 249 g/mol. The van der Waals surface area contributed by atoms with Crippen molar-refractivity contribution in [2.45, 2.75) is 0 Å². The second-order valence-electron chi connectivity index (χ2n) is 2.84. The molecule has 0 saturated carbocycles. The molecule has 4 heteroatoms. The summed E-state index contributed by atoms with van der Waals surface area (Å²) in [6.07, 6.45) is 0. The highest BCUT2D eigenvalue weighted by Gasteiger charge is 2.08. The lowest BCUT2D eigenvalue weighted by molar-refractivity contribution is 0.547. The predicted octanol–water partition coefficient (Wildman–Crippen LogP) is 3.43. The van der Waals surface area contributed by atoms with Gasteiger partial charge in [-0.3, -0.25) is 0 Å². The van der Waals surface area contributed by atoms with E-state index >= 15 is 0 Å². The summed E-state index contributed by atoms with van der Waals surface area (Å²) in [6.45, 7) is 0. The van der Waals surface area contributed by atoms with Gasteiger partial charge in [0.25, 0.3) is 0 Å². The molecule has 72 valence electrons. The van der Waals surface area contributed by atoms with Gasteiger partial charge in [-0.1, -0.05) is 0 Å². The Morgan fingerprint density at radius 2 is 2.00 bits per heavy atom. The number of benzene rings is 1. The topological polar surface area (TPSA) is 39.2 Å². The average molecular weight is 256 g/mol. The van der Waals surface area contributed by atoms with E-state index in [1.54, 1.807) is 24.3 Å². The normalized spacial score (nSPS) is 10.4. The summed E-state index contributed by atoms with van der Waals surface area (Å²) in [5.74, 6) is 0.0984. The smallest absolute Gasteiger partial charge is 0.169 e. The summed E-state index contributed by atoms with van der Waals surface area (Å²) >= 11 is 3.15. The average Bonchev–Trinajstić information content (AvgIpc) is 2.51. The molecule has 0 atom stereocenters. The monoisotopic (exact) mass is 255 g/mol. The van der Waals surface area contributed by atoms with Crippen molar-refractivity contribution < 1.29 is 8.81 Å². The number of halogens is 2. The van der Waals surface area contributed by atoms with E-state index in [0.717, 1.165) is 0 Å². The summed E-state index contributed by atoms with van der Waals surface area (Å²) < 4.78 is 19.2. The van der Waals surface area contributed by atoms with Gasteiger partial charge < -0.3 is 10.2 Å². The largest absolute Gasteiger partial charge is 0.449 e. The van der Waals surface area contributed by atoms with Crippen molar-refractivity contribution >= 4 is 21.6 Å². The van der Waals surface area contributed by atoms with Crippen LogP contribution in [-0.4, -0.2) is 0 Å². The molecule has 2 aromatic rings. The SMILES string of the molecule is Nc1ccc(-c2ccc(Br)o2)c(F)c1. The Morgan fingerprint density at radius 3 is 2.57 bits per heavy atom. The molecule has 1 aromatic carbocycles. The van der Waals surface area contributed by atoms with E-state index < -0.39 is 0 Å². The van der Waals surface area contributed by atoms with Crippen LogP contribution in [0.4, 0.5) is 10.1 Å². The highest BCUT2D eigenvalue weighted by molar-refractivity contribution is 9.10. The van der Waals surface area contributed by atoms with Crippen molar-refractivity contribution in [1.82, 2.24) is 0 Å². The van der Waals surface area contributed by atoms with E-state index in [0.29, 0.717) is 21.7 Å². The predicted molar refractivity (Wildman–Crippen MR) is 56.2 cm³/mol. The lowest BCUT2D eigenvalue weighted by atomic mass is 10.1. The van der Waals surface area contributed by atoms with E-state index in [2.05, 4.69) is 15.9 Å². The highest BCUT2D eigenvalue weighted by Crippen LogP contribution is 2.28. The molecular formula is C10H7BrFNO. The summed E-state index contributed by atoms with van der Waals surface area (Å²) in [4.78, 5) is 0. The van der Waals surface area contributed by atoms with Crippen LogP contribution in [0.15, 0.2) is 39.4 Å². The molecule has 1 heterocycles. The van der Waals surface area contributed by atoms with Crippen LogP contribution in [0.3, 0.4) is 0 Å². The fourth-order valence-corrected chi connectivity index (χ4v) is 1.50. The zero-order chi connectivity index (χ0) is 10.1. The van der Waals surface area contributed by atoms with Crippen LogP contribution < -0.4 is 5.73 Å². The first-order valence-corrected chi connectivity index (χ1v) is 4.77. The first-order chi connectivity index (χ1) is 6.66.